The summed E-state index contributed by atoms with van der Waals surface area (Å²) in [4.78, 5) is 22.2. The Morgan fingerprint density at radius 1 is 1.06 bits per heavy atom. The van der Waals surface area contributed by atoms with E-state index in [0.717, 1.165) is 40.4 Å². The van der Waals surface area contributed by atoms with Crippen LogP contribution in [-0.2, 0) is 10.0 Å². The molecule has 2 aromatic carbocycles. The van der Waals surface area contributed by atoms with E-state index >= 15 is 0 Å². The van der Waals surface area contributed by atoms with Crippen LogP contribution in [0.1, 0.15) is 43.5 Å². The van der Waals surface area contributed by atoms with Crippen LogP contribution in [0.5, 0.6) is 5.75 Å². The molecule has 1 amide bonds. The monoisotopic (exact) mass is 528 g/mol. The molecule has 2 aliphatic heterocycles. The number of aromatic nitrogens is 1. The van der Waals surface area contributed by atoms with Crippen molar-refractivity contribution in [3.05, 3.63) is 48.0 Å². The van der Waals surface area contributed by atoms with Crippen LogP contribution in [0.4, 0.5) is 5.13 Å². The Hall–Kier alpha value is -2.69. The second-order valence-corrected chi connectivity index (χ2v) is 12.2. The van der Waals surface area contributed by atoms with E-state index in [1.54, 1.807) is 39.9 Å². The van der Waals surface area contributed by atoms with Gasteiger partial charge in [0.15, 0.2) is 5.13 Å². The zero-order valence-electron chi connectivity index (χ0n) is 20.7. The summed E-state index contributed by atoms with van der Waals surface area (Å²) >= 11 is 1.64. The molecule has 0 saturated carbocycles. The second-order valence-electron chi connectivity index (χ2n) is 9.30. The summed E-state index contributed by atoms with van der Waals surface area (Å²) in [5, 5.41) is 0.936. The minimum absolute atomic E-state index is 0.00235. The van der Waals surface area contributed by atoms with Crippen LogP contribution in [0.3, 0.4) is 0 Å². The minimum atomic E-state index is -3.55. The number of hydrogen-bond donors (Lipinski definition) is 0. The first-order valence-electron chi connectivity index (χ1n) is 12.6. The molecule has 2 fully saturated rings. The van der Waals surface area contributed by atoms with E-state index in [-0.39, 0.29) is 16.8 Å². The number of ether oxygens (including phenoxy) is 1. The van der Waals surface area contributed by atoms with Gasteiger partial charge in [0.1, 0.15) is 11.3 Å². The molecular formula is C26H32N4O4S2. The van der Waals surface area contributed by atoms with Gasteiger partial charge in [-0.2, -0.15) is 4.31 Å². The lowest BCUT2D eigenvalue weighted by Crippen LogP contribution is -2.48. The van der Waals surface area contributed by atoms with Crippen LogP contribution < -0.4 is 9.64 Å². The number of nitrogens with zero attached hydrogens (tertiary/aromatic N) is 4. The molecule has 1 aromatic heterocycles. The minimum Gasteiger partial charge on any atom is -0.492 e. The number of thiazole rings is 1. The molecule has 2 saturated heterocycles. The molecule has 0 radical (unpaired) electrons. The van der Waals surface area contributed by atoms with Crippen molar-refractivity contribution in [3.8, 4) is 5.75 Å². The molecule has 1 atom stereocenters. The summed E-state index contributed by atoms with van der Waals surface area (Å²) in [5.41, 5.74) is 1.39. The van der Waals surface area contributed by atoms with Gasteiger partial charge in [-0.25, -0.2) is 13.4 Å². The van der Waals surface area contributed by atoms with Crippen molar-refractivity contribution in [1.82, 2.24) is 14.2 Å². The molecule has 1 unspecified atom stereocenters. The van der Waals surface area contributed by atoms with E-state index in [9.17, 15) is 13.2 Å². The van der Waals surface area contributed by atoms with Crippen molar-refractivity contribution in [2.24, 2.45) is 0 Å². The second kappa shape index (κ2) is 10.4. The molecule has 10 heteroatoms. The maximum Gasteiger partial charge on any atom is 0.253 e. The summed E-state index contributed by atoms with van der Waals surface area (Å²) in [5.74, 6) is 0.722. The summed E-state index contributed by atoms with van der Waals surface area (Å²) < 4.78 is 34.6. The van der Waals surface area contributed by atoms with Crippen molar-refractivity contribution in [1.29, 1.82) is 0 Å². The predicted octanol–water partition coefficient (Wildman–Crippen LogP) is 4.22. The Labute approximate surface area is 216 Å². The molecule has 3 aromatic rings. The third-order valence-corrected chi connectivity index (χ3v) is 10.1. The lowest BCUT2D eigenvalue weighted by atomic mass is 10.1. The van der Waals surface area contributed by atoms with E-state index in [4.69, 9.17) is 9.72 Å². The molecule has 2 aliphatic rings. The van der Waals surface area contributed by atoms with E-state index in [2.05, 4.69) is 11.0 Å². The maximum absolute atomic E-state index is 13.1. The summed E-state index contributed by atoms with van der Waals surface area (Å²) in [6.45, 7) is 7.61. The summed E-state index contributed by atoms with van der Waals surface area (Å²) in [7, 11) is -3.55. The van der Waals surface area contributed by atoms with Crippen LogP contribution in [0.15, 0.2) is 47.4 Å². The van der Waals surface area contributed by atoms with Crippen molar-refractivity contribution in [2.75, 3.05) is 44.2 Å². The van der Waals surface area contributed by atoms with Gasteiger partial charge >= 0.3 is 0 Å². The fraction of sp³-hybridized carbons (Fsp3) is 0.462. The van der Waals surface area contributed by atoms with Gasteiger partial charge in [-0.05, 0) is 63.1 Å². The molecule has 0 spiro atoms. The molecule has 192 valence electrons. The summed E-state index contributed by atoms with van der Waals surface area (Å²) in [6, 6.07) is 12.4. The van der Waals surface area contributed by atoms with Gasteiger partial charge in [0.2, 0.25) is 10.0 Å². The molecule has 0 N–H and O–H groups in total. The Morgan fingerprint density at radius 2 is 1.81 bits per heavy atom. The van der Waals surface area contributed by atoms with Gasteiger partial charge in [0, 0.05) is 44.3 Å². The first-order valence-corrected chi connectivity index (χ1v) is 14.8. The molecule has 3 heterocycles. The average Bonchev–Trinajstić information content (AvgIpc) is 3.34. The molecule has 0 aliphatic carbocycles. The number of benzene rings is 2. The molecule has 5 rings (SSSR count). The molecule has 8 nitrogen and oxygen atoms in total. The van der Waals surface area contributed by atoms with Gasteiger partial charge in [0.05, 0.1) is 16.2 Å². The third-order valence-electron chi connectivity index (χ3n) is 6.96. The smallest absolute Gasteiger partial charge is 0.253 e. The number of amides is 1. The van der Waals surface area contributed by atoms with Crippen molar-refractivity contribution >= 4 is 42.6 Å². The number of para-hydroxylation sites is 1. The standard InChI is InChI=1S/C26H32N4O4S2/c1-3-34-22-8-6-9-23-24(22)27-26(35-23)29-17-15-28(16-18-29)25(31)20-10-12-21(13-11-20)36(32,33)30-14-5-4-7-19(30)2/h6,8-13,19H,3-5,7,14-18H2,1-2H3. The van der Waals surface area contributed by atoms with Crippen LogP contribution in [0.2, 0.25) is 0 Å². The Bertz CT molecular complexity index is 1330. The number of carbonyl (C=O) groups is 1. The highest BCUT2D eigenvalue weighted by atomic mass is 32.2. The lowest BCUT2D eigenvalue weighted by molar-refractivity contribution is 0.0746. The van der Waals surface area contributed by atoms with Crippen LogP contribution in [0.25, 0.3) is 10.2 Å². The lowest BCUT2D eigenvalue weighted by Gasteiger charge is -2.34. The Morgan fingerprint density at radius 3 is 2.50 bits per heavy atom. The van der Waals surface area contributed by atoms with E-state index in [1.807, 2.05) is 30.9 Å². The normalized spacial score (nSPS) is 19.6. The third kappa shape index (κ3) is 4.81. The fourth-order valence-corrected chi connectivity index (χ4v) is 7.67. The zero-order valence-corrected chi connectivity index (χ0v) is 22.4. The van der Waals surface area contributed by atoms with E-state index < -0.39 is 10.0 Å². The fourth-order valence-electron chi connectivity index (χ4n) is 4.94. The quantitative estimate of drug-likeness (QED) is 0.476. The van der Waals surface area contributed by atoms with Crippen molar-refractivity contribution in [2.45, 2.75) is 44.0 Å². The van der Waals surface area contributed by atoms with E-state index in [1.165, 1.54) is 0 Å². The molecular weight excluding hydrogens is 496 g/mol. The molecule has 0 bridgehead atoms. The topological polar surface area (TPSA) is 83.0 Å². The van der Waals surface area contributed by atoms with E-state index in [0.29, 0.717) is 44.9 Å². The maximum atomic E-state index is 13.1. The number of fused-ring (bicyclic) bond motifs is 1. The zero-order chi connectivity index (χ0) is 25.3. The first kappa shape index (κ1) is 25.0. The number of anilines is 1. The highest BCUT2D eigenvalue weighted by molar-refractivity contribution is 7.89. The highest BCUT2D eigenvalue weighted by Crippen LogP contribution is 2.34. The highest BCUT2D eigenvalue weighted by Gasteiger charge is 2.31. The predicted molar refractivity (Wildman–Crippen MR) is 143 cm³/mol. The number of hydrogen-bond acceptors (Lipinski definition) is 7. The van der Waals surface area contributed by atoms with Gasteiger partial charge in [0.25, 0.3) is 5.91 Å². The van der Waals surface area contributed by atoms with Crippen LogP contribution in [-0.4, -0.2) is 73.9 Å². The Balaban J connectivity index is 1.24. The number of piperazine rings is 1. The molecule has 36 heavy (non-hydrogen) atoms. The number of piperidine rings is 1. The van der Waals surface area contributed by atoms with Crippen molar-refractivity contribution < 1.29 is 17.9 Å². The van der Waals surface area contributed by atoms with Gasteiger partial charge < -0.3 is 14.5 Å². The van der Waals surface area contributed by atoms with Gasteiger partial charge in [-0.1, -0.05) is 23.8 Å². The van der Waals surface area contributed by atoms with Crippen LogP contribution >= 0.6 is 11.3 Å². The summed E-state index contributed by atoms with van der Waals surface area (Å²) in [6.07, 6.45) is 2.82. The average molecular weight is 529 g/mol. The SMILES string of the molecule is CCOc1cccc2sc(N3CCN(C(=O)c4ccc(S(=O)(=O)N5CCCCC5C)cc4)CC3)nc12. The van der Waals surface area contributed by atoms with Crippen molar-refractivity contribution in [3.63, 3.8) is 0 Å². The first-order chi connectivity index (χ1) is 17.4. The largest absolute Gasteiger partial charge is 0.492 e. The Kier molecular flexibility index (Phi) is 7.18. The number of carbonyl (C=O) groups excluding carboxylic acids is 1. The van der Waals surface area contributed by atoms with Crippen LogP contribution in [0, 0.1) is 0 Å². The van der Waals surface area contributed by atoms with Gasteiger partial charge in [-0.15, -0.1) is 0 Å². The van der Waals surface area contributed by atoms with Gasteiger partial charge in [-0.3, -0.25) is 4.79 Å². The number of rotatable bonds is 6. The number of sulfonamides is 1.